The molecule has 0 radical (unpaired) electrons. The van der Waals surface area contributed by atoms with Gasteiger partial charge in [0.1, 0.15) is 12.6 Å². The molecule has 6 heteroatoms. The van der Waals surface area contributed by atoms with Crippen molar-refractivity contribution in [2.45, 2.75) is 44.8 Å². The number of aromatic nitrogens is 1. The Morgan fingerprint density at radius 2 is 1.83 bits per heavy atom. The zero-order chi connectivity index (χ0) is 19.8. The normalized spacial score (nSPS) is 24.5. The summed E-state index contributed by atoms with van der Waals surface area (Å²) >= 11 is 0. The van der Waals surface area contributed by atoms with Crippen LogP contribution in [-0.2, 0) is 20.9 Å². The Bertz CT molecular complexity index is 907. The van der Waals surface area contributed by atoms with E-state index in [-0.39, 0.29) is 23.4 Å². The summed E-state index contributed by atoms with van der Waals surface area (Å²) in [5.41, 5.74) is 0.708. The summed E-state index contributed by atoms with van der Waals surface area (Å²) in [5.74, 6) is 0.0892. The maximum Gasteiger partial charge on any atom is 0.312 e. The number of para-hydroxylation sites is 1. The Labute approximate surface area is 171 Å². The van der Waals surface area contributed by atoms with Crippen LogP contribution in [-0.4, -0.2) is 65.1 Å². The van der Waals surface area contributed by atoms with Crippen LogP contribution in [0.1, 0.15) is 32.1 Å². The summed E-state index contributed by atoms with van der Waals surface area (Å²) in [6.45, 7) is 4.75. The highest BCUT2D eigenvalue weighted by Crippen LogP contribution is 2.43. The molecule has 1 aromatic heterocycles. The van der Waals surface area contributed by atoms with E-state index in [4.69, 9.17) is 4.74 Å². The van der Waals surface area contributed by atoms with Crippen LogP contribution in [0.2, 0.25) is 0 Å². The molecule has 0 N–H and O–H groups in total. The number of carbonyl (C=O) groups is 2. The summed E-state index contributed by atoms with van der Waals surface area (Å²) in [6.07, 6.45) is 6.76. The molecule has 1 atom stereocenters. The molecule has 1 unspecified atom stereocenters. The van der Waals surface area contributed by atoms with Crippen LogP contribution < -0.4 is 0 Å². The molecule has 5 rings (SSSR count). The molecule has 0 bridgehead atoms. The highest BCUT2D eigenvalue weighted by Gasteiger charge is 2.51. The molecule has 0 saturated carbocycles. The Morgan fingerprint density at radius 1 is 1.07 bits per heavy atom. The van der Waals surface area contributed by atoms with Crippen molar-refractivity contribution in [3.8, 4) is 0 Å². The van der Waals surface area contributed by atoms with Crippen LogP contribution in [0.15, 0.2) is 36.5 Å². The lowest BCUT2D eigenvalue weighted by molar-refractivity contribution is -0.152. The molecule has 3 aliphatic heterocycles. The second-order valence-corrected chi connectivity index (χ2v) is 8.90. The molecular weight excluding hydrogens is 366 g/mol. The van der Waals surface area contributed by atoms with Gasteiger partial charge >= 0.3 is 5.97 Å². The maximum atomic E-state index is 12.9. The maximum absolute atomic E-state index is 12.9. The Morgan fingerprint density at radius 3 is 2.62 bits per heavy atom. The molecule has 0 aliphatic carbocycles. The zero-order valence-electron chi connectivity index (χ0n) is 16.9. The van der Waals surface area contributed by atoms with Crippen LogP contribution >= 0.6 is 0 Å². The zero-order valence-corrected chi connectivity index (χ0v) is 16.9. The Balaban J connectivity index is 1.18. The van der Waals surface area contributed by atoms with E-state index in [9.17, 15) is 9.59 Å². The predicted octanol–water partition coefficient (Wildman–Crippen LogP) is 2.66. The van der Waals surface area contributed by atoms with Crippen molar-refractivity contribution in [3.63, 3.8) is 0 Å². The monoisotopic (exact) mass is 395 g/mol. The predicted molar refractivity (Wildman–Crippen MR) is 110 cm³/mol. The average Bonchev–Trinajstić information content (AvgIpc) is 3.44. The third-order valence-corrected chi connectivity index (χ3v) is 7.04. The van der Waals surface area contributed by atoms with E-state index >= 15 is 0 Å². The Kier molecular flexibility index (Phi) is 4.82. The van der Waals surface area contributed by atoms with Gasteiger partial charge in [-0.25, -0.2) is 0 Å². The van der Waals surface area contributed by atoms with Gasteiger partial charge < -0.3 is 14.2 Å². The first-order valence-corrected chi connectivity index (χ1v) is 10.9. The number of hydrogen-bond acceptors (Lipinski definition) is 4. The lowest BCUT2D eigenvalue weighted by Crippen LogP contribution is -2.46. The number of ether oxygens (including phenoxy) is 1. The third kappa shape index (κ3) is 3.54. The minimum atomic E-state index is -0.374. The van der Waals surface area contributed by atoms with E-state index in [1.165, 1.54) is 12.8 Å². The van der Waals surface area contributed by atoms with E-state index in [1.807, 2.05) is 39.9 Å². The second-order valence-electron chi connectivity index (χ2n) is 8.90. The molecule has 1 aromatic carbocycles. The molecule has 6 nitrogen and oxygen atoms in total. The van der Waals surface area contributed by atoms with Crippen LogP contribution in [0.5, 0.6) is 0 Å². The summed E-state index contributed by atoms with van der Waals surface area (Å²) < 4.78 is 7.77. The van der Waals surface area contributed by atoms with E-state index in [0.717, 1.165) is 49.8 Å². The quantitative estimate of drug-likeness (QED) is 0.747. The van der Waals surface area contributed by atoms with Crippen molar-refractivity contribution in [1.29, 1.82) is 0 Å². The number of hydrogen-bond donors (Lipinski definition) is 0. The number of carbonyl (C=O) groups excluding carboxylic acids is 2. The number of esters is 1. The van der Waals surface area contributed by atoms with Gasteiger partial charge in [-0.15, -0.1) is 0 Å². The Hall–Kier alpha value is -2.34. The minimum absolute atomic E-state index is 0.0223. The van der Waals surface area contributed by atoms with Gasteiger partial charge in [-0.3, -0.25) is 14.5 Å². The van der Waals surface area contributed by atoms with Gasteiger partial charge in [-0.1, -0.05) is 18.2 Å². The molecule has 1 amide bonds. The molecule has 3 aliphatic rings. The lowest BCUT2D eigenvalue weighted by atomic mass is 9.76. The van der Waals surface area contributed by atoms with Crippen molar-refractivity contribution < 1.29 is 14.3 Å². The molecule has 3 fully saturated rings. The van der Waals surface area contributed by atoms with E-state index in [1.54, 1.807) is 0 Å². The fraction of sp³-hybridized carbons (Fsp3) is 0.565. The van der Waals surface area contributed by atoms with Gasteiger partial charge in [-0.2, -0.15) is 0 Å². The van der Waals surface area contributed by atoms with Crippen molar-refractivity contribution in [2.75, 3.05) is 32.7 Å². The molecule has 154 valence electrons. The largest absolute Gasteiger partial charge is 0.461 e. The van der Waals surface area contributed by atoms with E-state index in [0.29, 0.717) is 19.6 Å². The minimum Gasteiger partial charge on any atom is -0.461 e. The van der Waals surface area contributed by atoms with Gasteiger partial charge in [0.2, 0.25) is 5.91 Å². The number of nitrogens with zero attached hydrogens (tertiary/aromatic N) is 3. The van der Waals surface area contributed by atoms with E-state index < -0.39 is 0 Å². The molecule has 4 heterocycles. The molecule has 3 saturated heterocycles. The highest BCUT2D eigenvalue weighted by molar-refractivity contribution is 5.84. The summed E-state index contributed by atoms with van der Waals surface area (Å²) in [7, 11) is 0. The van der Waals surface area contributed by atoms with Gasteiger partial charge in [0.05, 0.1) is 5.41 Å². The van der Waals surface area contributed by atoms with Crippen LogP contribution in [0.3, 0.4) is 0 Å². The van der Waals surface area contributed by atoms with Crippen molar-refractivity contribution in [3.05, 3.63) is 36.5 Å². The van der Waals surface area contributed by atoms with Crippen LogP contribution in [0.25, 0.3) is 10.9 Å². The standard InChI is InChI=1S/C23H29N3O3/c27-21(17-26-12-7-18-5-1-2-6-20(18)26)25-13-8-23(9-14-25)15-19(29-22(23)28)16-24-10-3-4-11-24/h1-2,5-7,12,19H,3-4,8-11,13-17H2. The average molecular weight is 396 g/mol. The number of benzene rings is 1. The highest BCUT2D eigenvalue weighted by atomic mass is 16.6. The third-order valence-electron chi connectivity index (χ3n) is 7.04. The summed E-state index contributed by atoms with van der Waals surface area (Å²) in [5, 5.41) is 1.15. The van der Waals surface area contributed by atoms with Gasteiger partial charge in [0, 0.05) is 37.8 Å². The van der Waals surface area contributed by atoms with Gasteiger partial charge in [-0.05, 0) is 56.3 Å². The number of cyclic esters (lactones) is 1. The number of rotatable bonds is 4. The van der Waals surface area contributed by atoms with Crippen LogP contribution in [0.4, 0.5) is 0 Å². The first kappa shape index (κ1) is 18.7. The number of likely N-dealkylation sites (tertiary alicyclic amines) is 2. The molecule has 1 spiro atoms. The summed E-state index contributed by atoms with van der Waals surface area (Å²) in [4.78, 5) is 29.9. The molecular formula is C23H29N3O3. The van der Waals surface area contributed by atoms with Crippen molar-refractivity contribution in [1.82, 2.24) is 14.4 Å². The number of fused-ring (bicyclic) bond motifs is 1. The van der Waals surface area contributed by atoms with Crippen LogP contribution in [0, 0.1) is 5.41 Å². The van der Waals surface area contributed by atoms with Crippen molar-refractivity contribution >= 4 is 22.8 Å². The SMILES string of the molecule is O=C(Cn1ccc2ccccc21)N1CCC2(CC1)CC(CN1CCCC1)OC2=O. The van der Waals surface area contributed by atoms with Gasteiger partial charge in [0.25, 0.3) is 0 Å². The first-order valence-electron chi connectivity index (χ1n) is 10.9. The number of piperidine rings is 1. The van der Waals surface area contributed by atoms with E-state index in [2.05, 4.69) is 11.0 Å². The first-order chi connectivity index (χ1) is 14.1. The second kappa shape index (κ2) is 7.48. The fourth-order valence-electron chi connectivity index (χ4n) is 5.31. The molecule has 29 heavy (non-hydrogen) atoms. The smallest absolute Gasteiger partial charge is 0.312 e. The fourth-order valence-corrected chi connectivity index (χ4v) is 5.31. The summed E-state index contributed by atoms with van der Waals surface area (Å²) in [6, 6.07) is 10.2. The van der Waals surface area contributed by atoms with Crippen molar-refractivity contribution in [2.24, 2.45) is 5.41 Å². The van der Waals surface area contributed by atoms with Gasteiger partial charge in [0.15, 0.2) is 0 Å². The topological polar surface area (TPSA) is 54.8 Å². The lowest BCUT2D eigenvalue weighted by Gasteiger charge is -2.36. The molecule has 2 aromatic rings. The number of amides is 1.